The predicted molar refractivity (Wildman–Crippen MR) is 84.5 cm³/mol. The second-order valence-corrected chi connectivity index (χ2v) is 5.89. The van der Waals surface area contributed by atoms with E-state index in [-0.39, 0.29) is 17.2 Å². The number of aromatic nitrogens is 5. The Morgan fingerprint density at radius 1 is 1.35 bits per heavy atom. The largest absolute Gasteiger partial charge is 0.368 e. The van der Waals surface area contributed by atoms with Crippen molar-refractivity contribution in [3.63, 3.8) is 0 Å². The van der Waals surface area contributed by atoms with Crippen LogP contribution in [0.3, 0.4) is 0 Å². The number of amides is 1. The number of nitrogens with zero attached hydrogens (tertiary/aromatic N) is 5. The van der Waals surface area contributed by atoms with Gasteiger partial charge < -0.3 is 10.3 Å². The third-order valence-electron chi connectivity index (χ3n) is 3.90. The van der Waals surface area contributed by atoms with Gasteiger partial charge in [-0.2, -0.15) is 4.98 Å². The highest BCUT2D eigenvalue weighted by Crippen LogP contribution is 2.19. The average molecular weight is 318 g/mol. The predicted octanol–water partition coefficient (Wildman–Crippen LogP) is -0.476. The van der Waals surface area contributed by atoms with Gasteiger partial charge in [0.2, 0.25) is 11.7 Å². The second-order valence-electron chi connectivity index (χ2n) is 5.89. The summed E-state index contributed by atoms with van der Waals surface area (Å²) in [5.41, 5.74) is 5.43. The normalized spacial score (nSPS) is 11.9. The van der Waals surface area contributed by atoms with Gasteiger partial charge in [-0.15, -0.1) is 0 Å². The number of hydrogen-bond acceptors (Lipinski definition) is 4. The lowest BCUT2D eigenvalue weighted by molar-refractivity contribution is -0.118. The number of hydrogen-bond donors (Lipinski definition) is 1. The zero-order valence-corrected chi connectivity index (χ0v) is 13.4. The Labute approximate surface area is 130 Å². The van der Waals surface area contributed by atoms with Crippen LogP contribution < -0.4 is 17.0 Å². The van der Waals surface area contributed by atoms with E-state index in [1.807, 2.05) is 25.3 Å². The number of carbonyl (C=O) groups excluding carboxylic acids is 1. The van der Waals surface area contributed by atoms with Crippen LogP contribution in [0, 0.1) is 6.92 Å². The summed E-state index contributed by atoms with van der Waals surface area (Å²) < 4.78 is 5.72. The lowest BCUT2D eigenvalue weighted by Crippen LogP contribution is -2.42. The Hall–Kier alpha value is -2.84. The van der Waals surface area contributed by atoms with Gasteiger partial charge in [-0.3, -0.25) is 18.6 Å². The standard InChI is InChI=1S/C14H18N6O3/c1-7(2)20-8(3)5-18-10-11(16-13(18)20)17(4)14(23)19(12(10)22)6-9(15)21/h5,7H,6H2,1-4H3,(H2,15,21). The third-order valence-corrected chi connectivity index (χ3v) is 3.90. The van der Waals surface area contributed by atoms with Gasteiger partial charge in [0, 0.05) is 25.0 Å². The summed E-state index contributed by atoms with van der Waals surface area (Å²) in [5, 5.41) is 0. The Morgan fingerprint density at radius 2 is 2.00 bits per heavy atom. The second kappa shape index (κ2) is 4.83. The number of nitrogens with two attached hydrogens (primary N) is 1. The molecule has 9 heteroatoms. The number of aryl methyl sites for hydroxylation is 2. The quantitative estimate of drug-likeness (QED) is 0.703. The Morgan fingerprint density at radius 3 is 2.57 bits per heavy atom. The maximum Gasteiger partial charge on any atom is 0.332 e. The lowest BCUT2D eigenvalue weighted by Gasteiger charge is -2.09. The number of carbonyl (C=O) groups is 1. The van der Waals surface area contributed by atoms with Gasteiger partial charge in [0.05, 0.1) is 0 Å². The van der Waals surface area contributed by atoms with Crippen molar-refractivity contribution in [3.8, 4) is 0 Å². The number of fused-ring (bicyclic) bond motifs is 3. The molecule has 3 aromatic rings. The van der Waals surface area contributed by atoms with Crippen LogP contribution >= 0.6 is 0 Å². The molecule has 0 unspecified atom stereocenters. The zero-order valence-electron chi connectivity index (χ0n) is 13.4. The van der Waals surface area contributed by atoms with Crippen molar-refractivity contribution in [2.75, 3.05) is 0 Å². The van der Waals surface area contributed by atoms with E-state index >= 15 is 0 Å². The summed E-state index contributed by atoms with van der Waals surface area (Å²) in [4.78, 5) is 40.6. The van der Waals surface area contributed by atoms with Gasteiger partial charge in [-0.1, -0.05) is 0 Å². The summed E-state index contributed by atoms with van der Waals surface area (Å²) in [6.45, 7) is 5.48. The molecule has 1 amide bonds. The van der Waals surface area contributed by atoms with Crippen LogP contribution in [0.5, 0.6) is 0 Å². The Kier molecular flexibility index (Phi) is 3.17. The molecule has 3 aromatic heterocycles. The minimum atomic E-state index is -0.750. The lowest BCUT2D eigenvalue weighted by atomic mass is 10.3. The topological polar surface area (TPSA) is 109 Å². The van der Waals surface area contributed by atoms with E-state index < -0.39 is 23.7 Å². The van der Waals surface area contributed by atoms with Gasteiger partial charge in [0.1, 0.15) is 6.54 Å². The van der Waals surface area contributed by atoms with E-state index in [1.165, 1.54) is 11.6 Å². The fraction of sp³-hybridized carbons (Fsp3) is 0.429. The first-order valence-corrected chi connectivity index (χ1v) is 7.21. The average Bonchev–Trinajstić information content (AvgIpc) is 2.95. The molecule has 0 aromatic carbocycles. The van der Waals surface area contributed by atoms with Gasteiger partial charge >= 0.3 is 5.69 Å². The zero-order chi connectivity index (χ0) is 17.0. The molecule has 0 saturated carbocycles. The Balaban J connectivity index is 2.53. The highest BCUT2D eigenvalue weighted by molar-refractivity contribution is 5.77. The Bertz CT molecular complexity index is 1060. The van der Waals surface area contributed by atoms with E-state index in [0.29, 0.717) is 5.78 Å². The molecule has 2 N–H and O–H groups in total. The number of imidazole rings is 2. The van der Waals surface area contributed by atoms with Crippen LogP contribution in [0.1, 0.15) is 25.6 Å². The van der Waals surface area contributed by atoms with E-state index in [4.69, 9.17) is 5.73 Å². The van der Waals surface area contributed by atoms with Crippen molar-refractivity contribution < 1.29 is 4.79 Å². The van der Waals surface area contributed by atoms with Crippen LogP contribution in [0.25, 0.3) is 16.9 Å². The van der Waals surface area contributed by atoms with Crippen LogP contribution in [0.15, 0.2) is 15.8 Å². The first kappa shape index (κ1) is 15.1. The van der Waals surface area contributed by atoms with Crippen LogP contribution in [0.4, 0.5) is 0 Å². The molecular formula is C14H18N6O3. The highest BCUT2D eigenvalue weighted by Gasteiger charge is 2.21. The molecule has 3 rings (SSSR count). The molecule has 0 spiro atoms. The summed E-state index contributed by atoms with van der Waals surface area (Å²) in [6, 6.07) is 0.147. The first-order chi connectivity index (χ1) is 10.7. The smallest absolute Gasteiger partial charge is 0.332 e. The molecule has 3 heterocycles. The minimum absolute atomic E-state index is 0.147. The number of primary amides is 1. The summed E-state index contributed by atoms with van der Waals surface area (Å²) in [7, 11) is 1.51. The van der Waals surface area contributed by atoms with Crippen LogP contribution in [0.2, 0.25) is 0 Å². The molecule has 9 nitrogen and oxygen atoms in total. The van der Waals surface area contributed by atoms with Gasteiger partial charge in [0.15, 0.2) is 11.2 Å². The van der Waals surface area contributed by atoms with E-state index in [0.717, 1.165) is 10.3 Å². The molecule has 0 aliphatic rings. The van der Waals surface area contributed by atoms with Crippen molar-refractivity contribution >= 4 is 22.8 Å². The van der Waals surface area contributed by atoms with E-state index in [9.17, 15) is 14.4 Å². The fourth-order valence-electron chi connectivity index (χ4n) is 2.96. The fourth-order valence-corrected chi connectivity index (χ4v) is 2.96. The van der Waals surface area contributed by atoms with Crippen molar-refractivity contribution in [2.24, 2.45) is 12.8 Å². The van der Waals surface area contributed by atoms with Crippen molar-refractivity contribution in [3.05, 3.63) is 32.7 Å². The van der Waals surface area contributed by atoms with Crippen molar-refractivity contribution in [1.82, 2.24) is 23.1 Å². The molecule has 0 saturated heterocycles. The van der Waals surface area contributed by atoms with Gasteiger partial charge in [-0.05, 0) is 20.8 Å². The van der Waals surface area contributed by atoms with E-state index in [1.54, 1.807) is 10.6 Å². The summed E-state index contributed by atoms with van der Waals surface area (Å²) in [5.74, 6) is -0.170. The first-order valence-electron chi connectivity index (χ1n) is 7.21. The summed E-state index contributed by atoms with van der Waals surface area (Å²) >= 11 is 0. The molecule has 23 heavy (non-hydrogen) atoms. The SMILES string of the molecule is Cc1cn2c3c(=O)n(CC(N)=O)c(=O)n(C)c3nc2n1C(C)C. The van der Waals surface area contributed by atoms with Crippen molar-refractivity contribution in [1.29, 1.82) is 0 Å². The summed E-state index contributed by atoms with van der Waals surface area (Å²) in [6.07, 6.45) is 1.80. The van der Waals surface area contributed by atoms with Gasteiger partial charge in [-0.25, -0.2) is 9.36 Å². The van der Waals surface area contributed by atoms with E-state index in [2.05, 4.69) is 4.98 Å². The van der Waals surface area contributed by atoms with Crippen LogP contribution in [-0.2, 0) is 18.4 Å². The maximum atomic E-state index is 12.7. The van der Waals surface area contributed by atoms with Gasteiger partial charge in [0.25, 0.3) is 5.56 Å². The van der Waals surface area contributed by atoms with Crippen molar-refractivity contribution in [2.45, 2.75) is 33.4 Å². The highest BCUT2D eigenvalue weighted by atomic mass is 16.2. The minimum Gasteiger partial charge on any atom is -0.368 e. The monoisotopic (exact) mass is 318 g/mol. The number of rotatable bonds is 3. The molecule has 122 valence electrons. The third kappa shape index (κ3) is 2.00. The molecule has 0 fully saturated rings. The van der Waals surface area contributed by atoms with Crippen LogP contribution in [-0.4, -0.2) is 29.0 Å². The molecule has 0 aliphatic carbocycles. The molecule has 0 radical (unpaired) electrons. The molecule has 0 bridgehead atoms. The maximum absolute atomic E-state index is 12.7. The molecule has 0 atom stereocenters. The molecular weight excluding hydrogens is 300 g/mol. The molecule has 0 aliphatic heterocycles.